The van der Waals surface area contributed by atoms with Crippen LogP contribution < -0.4 is 5.32 Å². The van der Waals surface area contributed by atoms with E-state index in [2.05, 4.69) is 52.2 Å². The third-order valence-corrected chi connectivity index (χ3v) is 5.19. The van der Waals surface area contributed by atoms with Crippen LogP contribution in [0.3, 0.4) is 0 Å². The van der Waals surface area contributed by atoms with E-state index in [0.29, 0.717) is 6.10 Å². The Balaban J connectivity index is 1.54. The monoisotopic (exact) mass is 357 g/mol. The number of rotatable bonds is 3. The van der Waals surface area contributed by atoms with Crippen molar-refractivity contribution in [3.05, 3.63) is 27.8 Å². The lowest BCUT2D eigenvalue weighted by atomic mass is 9.98. The topological polar surface area (TPSA) is 21.3 Å². The van der Waals surface area contributed by atoms with E-state index in [-0.39, 0.29) is 5.60 Å². The molecule has 0 aromatic heterocycles. The molecule has 1 saturated heterocycles. The molecule has 1 unspecified atom stereocenters. The molecule has 1 aromatic rings. The molecule has 1 aromatic carbocycles. The summed E-state index contributed by atoms with van der Waals surface area (Å²) in [5.41, 5.74) is 1.49. The zero-order chi connectivity index (χ0) is 12.4. The minimum absolute atomic E-state index is 0.260. The largest absolute Gasteiger partial charge is 0.382 e. The zero-order valence-corrected chi connectivity index (χ0v) is 12.8. The molecular weight excluding hydrogens is 337 g/mol. The van der Waals surface area contributed by atoms with Crippen LogP contribution in [0.1, 0.15) is 38.5 Å². The summed E-state index contributed by atoms with van der Waals surface area (Å²) in [6.07, 6.45) is 8.17. The predicted molar refractivity (Wildman–Crippen MR) is 83.0 cm³/mol. The molecule has 2 fully saturated rings. The standard InChI is InChI=1S/C15H20INO/c16-13-5-1-2-6-14(13)17-11-12-7-10-15(18-12)8-3-4-9-15/h1-2,5-6,12,17H,3-4,7-11H2. The smallest absolute Gasteiger partial charge is 0.0756 e. The molecule has 3 heteroatoms. The highest BCUT2D eigenvalue weighted by molar-refractivity contribution is 14.1. The third kappa shape index (κ3) is 2.67. The van der Waals surface area contributed by atoms with Crippen molar-refractivity contribution in [2.24, 2.45) is 0 Å². The quantitative estimate of drug-likeness (QED) is 0.819. The van der Waals surface area contributed by atoms with Crippen LogP contribution in [0.15, 0.2) is 24.3 Å². The Labute approximate surface area is 123 Å². The number of nitrogens with one attached hydrogen (secondary N) is 1. The van der Waals surface area contributed by atoms with E-state index < -0.39 is 0 Å². The molecular formula is C15H20INO. The number of hydrogen-bond donors (Lipinski definition) is 1. The van der Waals surface area contributed by atoms with Crippen molar-refractivity contribution >= 4 is 28.3 Å². The third-order valence-electron chi connectivity index (χ3n) is 4.25. The van der Waals surface area contributed by atoms with Crippen molar-refractivity contribution in [3.63, 3.8) is 0 Å². The van der Waals surface area contributed by atoms with Gasteiger partial charge in [-0.2, -0.15) is 0 Å². The van der Waals surface area contributed by atoms with Gasteiger partial charge < -0.3 is 10.1 Å². The van der Waals surface area contributed by atoms with E-state index in [1.807, 2.05) is 0 Å². The van der Waals surface area contributed by atoms with Crippen LogP contribution in [-0.4, -0.2) is 18.2 Å². The van der Waals surface area contributed by atoms with Gasteiger partial charge in [0.2, 0.25) is 0 Å². The van der Waals surface area contributed by atoms with E-state index in [0.717, 1.165) is 6.54 Å². The molecule has 0 bridgehead atoms. The molecule has 1 atom stereocenters. The summed E-state index contributed by atoms with van der Waals surface area (Å²) in [7, 11) is 0. The van der Waals surface area contributed by atoms with Crippen molar-refractivity contribution in [1.29, 1.82) is 0 Å². The first-order valence-corrected chi connectivity index (χ1v) is 8.02. The van der Waals surface area contributed by atoms with E-state index >= 15 is 0 Å². The van der Waals surface area contributed by atoms with Crippen LogP contribution in [0.4, 0.5) is 5.69 Å². The Morgan fingerprint density at radius 3 is 2.78 bits per heavy atom. The first-order chi connectivity index (χ1) is 8.77. The molecule has 1 spiro atoms. The predicted octanol–water partition coefficient (Wildman–Crippen LogP) is 4.19. The van der Waals surface area contributed by atoms with Crippen molar-refractivity contribution in [3.8, 4) is 0 Å². The zero-order valence-electron chi connectivity index (χ0n) is 10.6. The summed E-state index contributed by atoms with van der Waals surface area (Å²) in [6.45, 7) is 0.946. The minimum atomic E-state index is 0.260. The van der Waals surface area contributed by atoms with Crippen LogP contribution in [0.25, 0.3) is 0 Å². The molecule has 1 heterocycles. The molecule has 1 saturated carbocycles. The van der Waals surface area contributed by atoms with E-state index in [4.69, 9.17) is 4.74 Å². The van der Waals surface area contributed by atoms with Gasteiger partial charge in [0.15, 0.2) is 0 Å². The minimum Gasteiger partial charge on any atom is -0.382 e. The highest BCUT2D eigenvalue weighted by Crippen LogP contribution is 2.43. The second kappa shape index (κ2) is 5.37. The highest BCUT2D eigenvalue weighted by atomic mass is 127. The van der Waals surface area contributed by atoms with Gasteiger partial charge in [0, 0.05) is 15.8 Å². The summed E-state index contributed by atoms with van der Waals surface area (Å²) in [4.78, 5) is 0. The summed E-state index contributed by atoms with van der Waals surface area (Å²) in [6, 6.07) is 8.43. The number of benzene rings is 1. The van der Waals surface area contributed by atoms with Crippen LogP contribution in [0, 0.1) is 3.57 Å². The summed E-state index contributed by atoms with van der Waals surface area (Å²) < 4.78 is 7.59. The van der Waals surface area contributed by atoms with E-state index in [9.17, 15) is 0 Å². The SMILES string of the molecule is Ic1ccccc1NCC1CCC2(CCCC2)O1. The highest BCUT2D eigenvalue weighted by Gasteiger charge is 2.41. The first-order valence-electron chi connectivity index (χ1n) is 6.94. The lowest BCUT2D eigenvalue weighted by molar-refractivity contribution is -0.0307. The first kappa shape index (κ1) is 12.7. The van der Waals surface area contributed by atoms with Gasteiger partial charge in [-0.05, 0) is 60.4 Å². The number of halogens is 1. The van der Waals surface area contributed by atoms with Gasteiger partial charge in [0.1, 0.15) is 0 Å². The summed E-state index contributed by atoms with van der Waals surface area (Å²) in [5, 5.41) is 3.53. The lowest BCUT2D eigenvalue weighted by Crippen LogP contribution is -2.28. The van der Waals surface area contributed by atoms with E-state index in [1.54, 1.807) is 0 Å². The normalized spacial score (nSPS) is 25.7. The molecule has 2 nitrogen and oxygen atoms in total. The van der Waals surface area contributed by atoms with E-state index in [1.165, 1.54) is 47.8 Å². The molecule has 18 heavy (non-hydrogen) atoms. The second-order valence-electron chi connectivity index (χ2n) is 5.53. The Bertz CT molecular complexity index is 415. The van der Waals surface area contributed by atoms with Crippen LogP contribution in [-0.2, 0) is 4.74 Å². The maximum atomic E-state index is 6.31. The number of hydrogen-bond acceptors (Lipinski definition) is 2. The van der Waals surface area contributed by atoms with Crippen LogP contribution >= 0.6 is 22.6 Å². The molecule has 1 N–H and O–H groups in total. The van der Waals surface area contributed by atoms with Gasteiger partial charge in [-0.25, -0.2) is 0 Å². The summed E-state index contributed by atoms with van der Waals surface area (Å²) >= 11 is 2.38. The number of para-hydroxylation sites is 1. The van der Waals surface area contributed by atoms with Crippen LogP contribution in [0.5, 0.6) is 0 Å². The van der Waals surface area contributed by atoms with Crippen molar-refractivity contribution < 1.29 is 4.74 Å². The second-order valence-corrected chi connectivity index (χ2v) is 6.69. The van der Waals surface area contributed by atoms with Crippen molar-refractivity contribution in [2.45, 2.75) is 50.2 Å². The maximum Gasteiger partial charge on any atom is 0.0756 e. The average Bonchev–Trinajstić information content (AvgIpc) is 3.00. The molecule has 98 valence electrons. The molecule has 0 amide bonds. The van der Waals surface area contributed by atoms with Gasteiger partial charge in [0.25, 0.3) is 0 Å². The summed E-state index contributed by atoms with van der Waals surface area (Å²) in [5.74, 6) is 0. The maximum absolute atomic E-state index is 6.31. The fraction of sp³-hybridized carbons (Fsp3) is 0.600. The Hall–Kier alpha value is -0.290. The van der Waals surface area contributed by atoms with Gasteiger partial charge in [-0.3, -0.25) is 0 Å². The van der Waals surface area contributed by atoms with Gasteiger partial charge >= 0.3 is 0 Å². The van der Waals surface area contributed by atoms with Gasteiger partial charge in [-0.1, -0.05) is 25.0 Å². The number of anilines is 1. The van der Waals surface area contributed by atoms with Crippen molar-refractivity contribution in [2.75, 3.05) is 11.9 Å². The average molecular weight is 357 g/mol. The molecule has 0 radical (unpaired) electrons. The Morgan fingerprint density at radius 2 is 2.00 bits per heavy atom. The van der Waals surface area contributed by atoms with Crippen molar-refractivity contribution in [1.82, 2.24) is 0 Å². The Kier molecular flexibility index (Phi) is 3.80. The van der Waals surface area contributed by atoms with Gasteiger partial charge in [-0.15, -0.1) is 0 Å². The molecule has 1 aliphatic heterocycles. The molecule has 3 rings (SSSR count). The molecule has 1 aliphatic carbocycles. The van der Waals surface area contributed by atoms with Crippen LogP contribution in [0.2, 0.25) is 0 Å². The number of ether oxygens (including phenoxy) is 1. The fourth-order valence-corrected chi connectivity index (χ4v) is 3.83. The fourth-order valence-electron chi connectivity index (χ4n) is 3.25. The molecule has 2 aliphatic rings. The Morgan fingerprint density at radius 1 is 1.22 bits per heavy atom. The lowest BCUT2D eigenvalue weighted by Gasteiger charge is -2.24. The van der Waals surface area contributed by atoms with Gasteiger partial charge in [0.05, 0.1) is 11.7 Å².